The summed E-state index contributed by atoms with van der Waals surface area (Å²) >= 11 is 6.12. The highest BCUT2D eigenvalue weighted by Crippen LogP contribution is 2.50. The van der Waals surface area contributed by atoms with Crippen molar-refractivity contribution in [3.63, 3.8) is 0 Å². The number of ether oxygens (including phenoxy) is 2. The predicted molar refractivity (Wildman–Crippen MR) is 94.3 cm³/mol. The third kappa shape index (κ3) is 2.73. The maximum atomic E-state index is 12.7. The average Bonchev–Trinajstić information content (AvgIpc) is 3.04. The molecule has 0 radical (unpaired) electrons. The Morgan fingerprint density at radius 1 is 1.25 bits per heavy atom. The number of fused-ring (bicyclic) bond motifs is 4. The SMILES string of the molecule is COc1cc(Cl)cc2c1C(C(=O)OCC13CCC(CC1)CC3)=CC2. The van der Waals surface area contributed by atoms with E-state index in [0.717, 1.165) is 17.0 Å². The van der Waals surface area contributed by atoms with Gasteiger partial charge in [-0.2, -0.15) is 0 Å². The number of esters is 1. The Kier molecular flexibility index (Phi) is 4.07. The van der Waals surface area contributed by atoms with Crippen LogP contribution >= 0.6 is 11.6 Å². The summed E-state index contributed by atoms with van der Waals surface area (Å²) in [7, 11) is 1.60. The van der Waals surface area contributed by atoms with Gasteiger partial charge in [0.15, 0.2) is 0 Å². The van der Waals surface area contributed by atoms with Gasteiger partial charge in [-0.15, -0.1) is 0 Å². The van der Waals surface area contributed by atoms with E-state index in [2.05, 4.69) is 0 Å². The molecule has 4 aliphatic rings. The molecule has 2 bridgehead atoms. The van der Waals surface area contributed by atoms with Crippen molar-refractivity contribution in [2.24, 2.45) is 11.3 Å². The molecule has 4 aliphatic carbocycles. The zero-order chi connectivity index (χ0) is 16.7. The molecule has 0 unspecified atom stereocenters. The van der Waals surface area contributed by atoms with Gasteiger partial charge < -0.3 is 9.47 Å². The summed E-state index contributed by atoms with van der Waals surface area (Å²) < 4.78 is 11.2. The first-order valence-corrected chi connectivity index (χ1v) is 9.22. The van der Waals surface area contributed by atoms with Gasteiger partial charge in [0.1, 0.15) is 5.75 Å². The van der Waals surface area contributed by atoms with Crippen molar-refractivity contribution in [2.75, 3.05) is 13.7 Å². The van der Waals surface area contributed by atoms with Crippen molar-refractivity contribution in [2.45, 2.75) is 44.9 Å². The fraction of sp³-hybridized carbons (Fsp3) is 0.550. The molecule has 0 aromatic heterocycles. The van der Waals surface area contributed by atoms with Gasteiger partial charge in [-0.05, 0) is 68.6 Å². The fourth-order valence-electron chi connectivity index (χ4n) is 4.61. The van der Waals surface area contributed by atoms with Crippen LogP contribution in [0.5, 0.6) is 5.75 Å². The molecule has 1 aromatic rings. The summed E-state index contributed by atoms with van der Waals surface area (Å²) in [5.41, 5.74) is 2.73. The van der Waals surface area contributed by atoms with Gasteiger partial charge in [-0.1, -0.05) is 17.7 Å². The first-order valence-electron chi connectivity index (χ1n) is 8.84. The molecule has 0 spiro atoms. The number of methoxy groups -OCH3 is 1. The lowest BCUT2D eigenvalue weighted by molar-refractivity contribution is -0.142. The van der Waals surface area contributed by atoms with Gasteiger partial charge in [0, 0.05) is 16.0 Å². The standard InChI is InChI=1S/C20H23ClO3/c1-23-17-11-15(21)10-14-2-3-16(18(14)17)19(22)24-12-20-7-4-13(5-8-20)6-9-20/h3,10-11,13H,2,4-9,12H2,1H3. The Hall–Kier alpha value is -1.48. The van der Waals surface area contributed by atoms with Crippen LogP contribution in [0, 0.1) is 11.3 Å². The lowest BCUT2D eigenvalue weighted by atomic mass is 9.61. The minimum absolute atomic E-state index is 0.226. The van der Waals surface area contributed by atoms with Crippen LogP contribution in [0.2, 0.25) is 5.02 Å². The van der Waals surface area contributed by atoms with E-state index in [9.17, 15) is 4.79 Å². The van der Waals surface area contributed by atoms with E-state index < -0.39 is 0 Å². The third-order valence-corrected chi connectivity index (χ3v) is 6.36. The van der Waals surface area contributed by atoms with E-state index >= 15 is 0 Å². The van der Waals surface area contributed by atoms with Crippen LogP contribution < -0.4 is 4.74 Å². The summed E-state index contributed by atoms with van der Waals surface area (Å²) in [5.74, 6) is 1.34. The molecule has 0 N–H and O–H groups in total. The zero-order valence-corrected chi connectivity index (χ0v) is 14.8. The van der Waals surface area contributed by atoms with Crippen LogP contribution in [0.25, 0.3) is 5.57 Å². The molecular formula is C20H23ClO3. The van der Waals surface area contributed by atoms with E-state index in [0.29, 0.717) is 29.4 Å². The number of halogens is 1. The van der Waals surface area contributed by atoms with Crippen LogP contribution in [0.3, 0.4) is 0 Å². The third-order valence-electron chi connectivity index (χ3n) is 6.14. The number of rotatable bonds is 4. The van der Waals surface area contributed by atoms with Crippen molar-refractivity contribution >= 4 is 23.1 Å². The molecule has 0 aliphatic heterocycles. The largest absolute Gasteiger partial charge is 0.496 e. The molecule has 5 rings (SSSR count). The van der Waals surface area contributed by atoms with Gasteiger partial charge in [-0.3, -0.25) is 0 Å². The fourth-order valence-corrected chi connectivity index (χ4v) is 4.85. The number of hydrogen-bond acceptors (Lipinski definition) is 3. The van der Waals surface area contributed by atoms with Gasteiger partial charge in [0.2, 0.25) is 0 Å². The molecule has 24 heavy (non-hydrogen) atoms. The van der Waals surface area contributed by atoms with Gasteiger partial charge in [0.25, 0.3) is 0 Å². The summed E-state index contributed by atoms with van der Waals surface area (Å²) in [6.45, 7) is 0.557. The Labute approximate surface area is 148 Å². The molecule has 3 nitrogen and oxygen atoms in total. The lowest BCUT2D eigenvalue weighted by Gasteiger charge is -2.46. The van der Waals surface area contributed by atoms with Crippen molar-refractivity contribution in [1.82, 2.24) is 0 Å². The molecular weight excluding hydrogens is 324 g/mol. The Morgan fingerprint density at radius 3 is 2.62 bits per heavy atom. The Bertz CT molecular complexity index is 685. The normalized spacial score (nSPS) is 27.6. The maximum Gasteiger partial charge on any atom is 0.338 e. The molecule has 0 heterocycles. The number of carbonyl (C=O) groups is 1. The second-order valence-corrected chi connectivity index (χ2v) is 7.96. The van der Waals surface area contributed by atoms with E-state index in [1.807, 2.05) is 12.1 Å². The number of allylic oxidation sites excluding steroid dienone is 1. The molecule has 0 saturated heterocycles. The molecule has 128 valence electrons. The van der Waals surface area contributed by atoms with E-state index in [1.165, 1.54) is 38.5 Å². The number of benzene rings is 1. The van der Waals surface area contributed by atoms with Crippen LogP contribution in [0.1, 0.15) is 49.7 Å². The smallest absolute Gasteiger partial charge is 0.338 e. The van der Waals surface area contributed by atoms with Gasteiger partial charge >= 0.3 is 5.97 Å². The highest BCUT2D eigenvalue weighted by atomic mass is 35.5. The summed E-state index contributed by atoms with van der Waals surface area (Å²) in [6, 6.07) is 3.66. The highest BCUT2D eigenvalue weighted by Gasteiger charge is 2.41. The van der Waals surface area contributed by atoms with Crippen LogP contribution in [-0.4, -0.2) is 19.7 Å². The quantitative estimate of drug-likeness (QED) is 0.734. The average molecular weight is 347 g/mol. The molecule has 0 amide bonds. The van der Waals surface area contributed by atoms with Gasteiger partial charge in [0.05, 0.1) is 19.3 Å². The molecule has 0 atom stereocenters. The van der Waals surface area contributed by atoms with Crippen molar-refractivity contribution in [3.05, 3.63) is 34.4 Å². The summed E-state index contributed by atoms with van der Waals surface area (Å²) in [5, 5.41) is 0.631. The Morgan fingerprint density at radius 2 is 1.96 bits per heavy atom. The number of carbonyl (C=O) groups excluding carboxylic acids is 1. The van der Waals surface area contributed by atoms with Crippen LogP contribution in [0.15, 0.2) is 18.2 Å². The van der Waals surface area contributed by atoms with E-state index in [1.54, 1.807) is 13.2 Å². The maximum absolute atomic E-state index is 12.7. The monoisotopic (exact) mass is 346 g/mol. The summed E-state index contributed by atoms with van der Waals surface area (Å²) in [4.78, 5) is 12.7. The Balaban J connectivity index is 1.49. The van der Waals surface area contributed by atoms with Crippen molar-refractivity contribution in [1.29, 1.82) is 0 Å². The highest BCUT2D eigenvalue weighted by molar-refractivity contribution is 6.31. The van der Waals surface area contributed by atoms with Crippen LogP contribution in [0.4, 0.5) is 0 Å². The zero-order valence-electron chi connectivity index (χ0n) is 14.1. The van der Waals surface area contributed by atoms with Crippen molar-refractivity contribution < 1.29 is 14.3 Å². The van der Waals surface area contributed by atoms with Gasteiger partial charge in [-0.25, -0.2) is 4.79 Å². The van der Waals surface area contributed by atoms with Crippen LogP contribution in [-0.2, 0) is 16.0 Å². The van der Waals surface area contributed by atoms with E-state index in [4.69, 9.17) is 21.1 Å². The lowest BCUT2D eigenvalue weighted by Crippen LogP contribution is -2.38. The second-order valence-electron chi connectivity index (χ2n) is 7.52. The number of hydrogen-bond donors (Lipinski definition) is 0. The first kappa shape index (κ1) is 16.0. The molecule has 1 aromatic carbocycles. The minimum atomic E-state index is -0.226. The predicted octanol–water partition coefficient (Wildman–Crippen LogP) is 4.80. The molecule has 3 saturated carbocycles. The van der Waals surface area contributed by atoms with Crippen molar-refractivity contribution in [3.8, 4) is 5.75 Å². The second kappa shape index (κ2) is 6.11. The molecule has 3 fully saturated rings. The minimum Gasteiger partial charge on any atom is -0.496 e. The molecule has 4 heteroatoms. The summed E-state index contributed by atoms with van der Waals surface area (Å²) in [6.07, 6.45) is 10.2. The van der Waals surface area contributed by atoms with E-state index in [-0.39, 0.29) is 11.4 Å². The first-order chi connectivity index (χ1) is 11.6. The topological polar surface area (TPSA) is 35.5 Å².